The second kappa shape index (κ2) is 7.50. The van der Waals surface area contributed by atoms with Crippen molar-refractivity contribution in [3.63, 3.8) is 0 Å². The summed E-state index contributed by atoms with van der Waals surface area (Å²) in [6, 6.07) is 4.83. The zero-order chi connectivity index (χ0) is 19.7. The molecule has 0 aromatic heterocycles. The van der Waals surface area contributed by atoms with Gasteiger partial charge in [0.2, 0.25) is 5.91 Å². The van der Waals surface area contributed by atoms with Gasteiger partial charge in [0, 0.05) is 38.2 Å². The highest BCUT2D eigenvalue weighted by molar-refractivity contribution is 6.22. The van der Waals surface area contributed by atoms with Gasteiger partial charge in [0.05, 0.1) is 11.1 Å². The molecule has 0 aliphatic carbocycles. The van der Waals surface area contributed by atoms with E-state index in [4.69, 9.17) is 0 Å². The van der Waals surface area contributed by atoms with Crippen molar-refractivity contribution in [3.8, 4) is 0 Å². The standard InChI is InChI=1S/C20H25N3O4/c1-12(2)11-23-19(26)16-5-4-14(10-17(16)20(23)27)18(25)22-8-6-15(7-9-22)21-13(3)24/h4-5,10,12,15H,6-9,11H2,1-3H3,(H,21,24). The lowest BCUT2D eigenvalue weighted by Crippen LogP contribution is -2.46. The van der Waals surface area contributed by atoms with Gasteiger partial charge in [0.25, 0.3) is 17.7 Å². The molecule has 0 unspecified atom stereocenters. The molecule has 7 nitrogen and oxygen atoms in total. The SMILES string of the molecule is CC(=O)NC1CCN(C(=O)c2ccc3c(c2)C(=O)N(CC(C)C)C3=O)CC1. The molecule has 4 amide bonds. The van der Waals surface area contributed by atoms with Crippen LogP contribution in [0.4, 0.5) is 0 Å². The summed E-state index contributed by atoms with van der Waals surface area (Å²) in [6.45, 7) is 6.85. The summed E-state index contributed by atoms with van der Waals surface area (Å²) in [5.74, 6) is -0.658. The van der Waals surface area contributed by atoms with Crippen molar-refractivity contribution in [3.05, 3.63) is 34.9 Å². The number of benzene rings is 1. The molecule has 0 saturated carbocycles. The number of imide groups is 1. The molecular formula is C20H25N3O4. The van der Waals surface area contributed by atoms with Crippen LogP contribution in [0.2, 0.25) is 0 Å². The van der Waals surface area contributed by atoms with Crippen molar-refractivity contribution in [1.82, 2.24) is 15.1 Å². The third-order valence-electron chi connectivity index (χ3n) is 4.95. The highest BCUT2D eigenvalue weighted by atomic mass is 16.2. The first-order valence-electron chi connectivity index (χ1n) is 9.34. The lowest BCUT2D eigenvalue weighted by molar-refractivity contribution is -0.119. The Balaban J connectivity index is 1.72. The van der Waals surface area contributed by atoms with Crippen LogP contribution in [0.5, 0.6) is 0 Å². The van der Waals surface area contributed by atoms with Crippen molar-refractivity contribution < 1.29 is 19.2 Å². The monoisotopic (exact) mass is 371 g/mol. The van der Waals surface area contributed by atoms with Crippen LogP contribution >= 0.6 is 0 Å². The molecule has 27 heavy (non-hydrogen) atoms. The summed E-state index contributed by atoms with van der Waals surface area (Å²) < 4.78 is 0. The zero-order valence-corrected chi connectivity index (χ0v) is 15.9. The van der Waals surface area contributed by atoms with E-state index < -0.39 is 0 Å². The van der Waals surface area contributed by atoms with Crippen LogP contribution in [0.15, 0.2) is 18.2 Å². The summed E-state index contributed by atoms with van der Waals surface area (Å²) in [6.07, 6.45) is 1.41. The number of nitrogens with zero attached hydrogens (tertiary/aromatic N) is 2. The van der Waals surface area contributed by atoms with E-state index >= 15 is 0 Å². The minimum absolute atomic E-state index is 0.0625. The van der Waals surface area contributed by atoms with E-state index in [9.17, 15) is 19.2 Å². The molecule has 0 radical (unpaired) electrons. The first kappa shape index (κ1) is 19.1. The molecule has 1 aromatic carbocycles. The Morgan fingerprint density at radius 3 is 2.33 bits per heavy atom. The number of fused-ring (bicyclic) bond motifs is 1. The predicted molar refractivity (Wildman–Crippen MR) is 99.4 cm³/mol. The van der Waals surface area contributed by atoms with Gasteiger partial charge >= 0.3 is 0 Å². The lowest BCUT2D eigenvalue weighted by atomic mass is 10.0. The average Bonchev–Trinajstić information content (AvgIpc) is 2.85. The summed E-state index contributed by atoms with van der Waals surface area (Å²) >= 11 is 0. The fourth-order valence-corrected chi connectivity index (χ4v) is 3.65. The van der Waals surface area contributed by atoms with Gasteiger partial charge in [-0.25, -0.2) is 0 Å². The van der Waals surface area contributed by atoms with Crippen LogP contribution in [0.25, 0.3) is 0 Å². The maximum absolute atomic E-state index is 12.8. The Hall–Kier alpha value is -2.70. The van der Waals surface area contributed by atoms with E-state index in [1.807, 2.05) is 13.8 Å². The van der Waals surface area contributed by atoms with Crippen LogP contribution in [0.1, 0.15) is 64.7 Å². The van der Waals surface area contributed by atoms with Crippen molar-refractivity contribution in [2.75, 3.05) is 19.6 Å². The van der Waals surface area contributed by atoms with Crippen LogP contribution in [-0.4, -0.2) is 59.1 Å². The first-order chi connectivity index (χ1) is 12.8. The molecule has 1 N–H and O–H groups in total. The lowest BCUT2D eigenvalue weighted by Gasteiger charge is -2.32. The molecular weight excluding hydrogens is 346 g/mol. The van der Waals surface area contributed by atoms with Crippen LogP contribution in [0, 0.1) is 5.92 Å². The quantitative estimate of drug-likeness (QED) is 0.816. The Bertz CT molecular complexity index is 794. The molecule has 7 heteroatoms. The number of hydrogen-bond acceptors (Lipinski definition) is 4. The van der Waals surface area contributed by atoms with Crippen molar-refractivity contribution in [1.29, 1.82) is 0 Å². The van der Waals surface area contributed by atoms with E-state index in [-0.39, 0.29) is 35.6 Å². The van der Waals surface area contributed by atoms with Crippen LogP contribution in [0.3, 0.4) is 0 Å². The fourth-order valence-electron chi connectivity index (χ4n) is 3.65. The minimum Gasteiger partial charge on any atom is -0.353 e. The third kappa shape index (κ3) is 3.86. The Morgan fingerprint density at radius 1 is 1.11 bits per heavy atom. The molecule has 2 aliphatic heterocycles. The smallest absolute Gasteiger partial charge is 0.261 e. The molecule has 2 aliphatic rings. The Morgan fingerprint density at radius 2 is 1.74 bits per heavy atom. The number of likely N-dealkylation sites (tertiary alicyclic amines) is 1. The highest BCUT2D eigenvalue weighted by Gasteiger charge is 2.36. The number of carbonyl (C=O) groups is 4. The van der Waals surface area contributed by atoms with Gasteiger partial charge in [-0.3, -0.25) is 24.1 Å². The van der Waals surface area contributed by atoms with Gasteiger partial charge in [-0.15, -0.1) is 0 Å². The largest absolute Gasteiger partial charge is 0.353 e. The van der Waals surface area contributed by atoms with E-state index in [0.29, 0.717) is 49.2 Å². The molecule has 2 heterocycles. The molecule has 3 rings (SSSR count). The molecule has 0 bridgehead atoms. The van der Waals surface area contributed by atoms with Gasteiger partial charge in [0.1, 0.15) is 0 Å². The number of hydrogen-bond donors (Lipinski definition) is 1. The predicted octanol–water partition coefficient (Wildman–Crippen LogP) is 1.68. The zero-order valence-electron chi connectivity index (χ0n) is 15.9. The molecule has 1 fully saturated rings. The Labute approximate surface area is 158 Å². The van der Waals surface area contributed by atoms with Crippen molar-refractivity contribution in [2.45, 2.75) is 39.7 Å². The third-order valence-corrected chi connectivity index (χ3v) is 4.95. The second-order valence-electron chi connectivity index (χ2n) is 7.64. The minimum atomic E-state index is -0.331. The molecule has 1 saturated heterocycles. The summed E-state index contributed by atoms with van der Waals surface area (Å²) in [7, 11) is 0. The van der Waals surface area contributed by atoms with Crippen LogP contribution in [-0.2, 0) is 4.79 Å². The molecule has 0 spiro atoms. The van der Waals surface area contributed by atoms with Crippen molar-refractivity contribution in [2.24, 2.45) is 5.92 Å². The van der Waals surface area contributed by atoms with Gasteiger partial charge < -0.3 is 10.2 Å². The number of carbonyl (C=O) groups excluding carboxylic acids is 4. The summed E-state index contributed by atoms with van der Waals surface area (Å²) in [4.78, 5) is 51.9. The molecule has 144 valence electrons. The average molecular weight is 371 g/mol. The van der Waals surface area contributed by atoms with Gasteiger partial charge in [-0.1, -0.05) is 13.8 Å². The maximum Gasteiger partial charge on any atom is 0.261 e. The number of amides is 4. The first-order valence-corrected chi connectivity index (χ1v) is 9.34. The molecule has 0 atom stereocenters. The van der Waals surface area contributed by atoms with Gasteiger partial charge in [0.15, 0.2) is 0 Å². The molecule has 1 aromatic rings. The van der Waals surface area contributed by atoms with Crippen molar-refractivity contribution >= 4 is 23.6 Å². The second-order valence-corrected chi connectivity index (χ2v) is 7.64. The summed E-state index contributed by atoms with van der Waals surface area (Å²) in [5.41, 5.74) is 1.08. The van der Waals surface area contributed by atoms with E-state index in [1.54, 1.807) is 17.0 Å². The number of piperidine rings is 1. The fraction of sp³-hybridized carbons (Fsp3) is 0.500. The van der Waals surface area contributed by atoms with E-state index in [2.05, 4.69) is 5.32 Å². The Kier molecular flexibility index (Phi) is 5.30. The number of nitrogens with one attached hydrogen (secondary N) is 1. The van der Waals surface area contributed by atoms with Gasteiger partial charge in [-0.2, -0.15) is 0 Å². The van der Waals surface area contributed by atoms with E-state index in [0.717, 1.165) is 0 Å². The maximum atomic E-state index is 12.8. The van der Waals surface area contributed by atoms with Crippen LogP contribution < -0.4 is 5.32 Å². The normalized spacial score (nSPS) is 17.5. The topological polar surface area (TPSA) is 86.8 Å². The highest BCUT2D eigenvalue weighted by Crippen LogP contribution is 2.26. The number of rotatable bonds is 4. The van der Waals surface area contributed by atoms with Gasteiger partial charge in [-0.05, 0) is 37.0 Å². The van der Waals surface area contributed by atoms with E-state index in [1.165, 1.54) is 17.9 Å². The summed E-state index contributed by atoms with van der Waals surface area (Å²) in [5, 5.41) is 2.88.